The van der Waals surface area contributed by atoms with Gasteiger partial charge in [0.15, 0.2) is 5.82 Å². The highest BCUT2D eigenvalue weighted by Gasteiger charge is 2.16. The number of aromatic nitrogens is 1. The fourth-order valence-corrected chi connectivity index (χ4v) is 2.86. The fraction of sp³-hybridized carbons (Fsp3) is 0.231. The molecule has 0 aliphatic carbocycles. The number of pyridine rings is 1. The molecule has 20 heavy (non-hydrogen) atoms. The number of nitrogens with two attached hydrogens (primary N) is 1. The average Bonchev–Trinajstić information content (AvgIpc) is 2.98. The molecule has 1 amide bonds. The van der Waals surface area contributed by atoms with Crippen LogP contribution in [0.5, 0.6) is 0 Å². The van der Waals surface area contributed by atoms with E-state index in [0.29, 0.717) is 16.4 Å². The summed E-state index contributed by atoms with van der Waals surface area (Å²) in [6.45, 7) is 2.03. The van der Waals surface area contributed by atoms with E-state index in [0.717, 1.165) is 11.3 Å². The molecule has 1 atom stereocenters. The highest BCUT2D eigenvalue weighted by Crippen LogP contribution is 2.23. The van der Waals surface area contributed by atoms with Crippen molar-refractivity contribution in [1.82, 2.24) is 10.3 Å². The van der Waals surface area contributed by atoms with Crippen molar-refractivity contribution in [2.24, 2.45) is 5.84 Å². The maximum atomic E-state index is 12.2. The van der Waals surface area contributed by atoms with Gasteiger partial charge in [-0.15, -0.1) is 11.3 Å². The fourth-order valence-electron chi connectivity index (χ4n) is 1.77. The predicted octanol–water partition coefficient (Wildman–Crippen LogP) is 2.96. The van der Waals surface area contributed by atoms with E-state index in [4.69, 9.17) is 17.4 Å². The van der Waals surface area contributed by atoms with Crippen molar-refractivity contribution >= 4 is 34.7 Å². The van der Waals surface area contributed by atoms with Gasteiger partial charge >= 0.3 is 0 Å². The first-order chi connectivity index (χ1) is 9.65. The first-order valence-electron chi connectivity index (χ1n) is 6.12. The molecule has 7 heteroatoms. The molecule has 2 rings (SSSR count). The van der Waals surface area contributed by atoms with Crippen LogP contribution in [-0.4, -0.2) is 10.9 Å². The van der Waals surface area contributed by atoms with E-state index in [1.165, 1.54) is 6.20 Å². The quantitative estimate of drug-likeness (QED) is 0.586. The second-order valence-corrected chi connectivity index (χ2v) is 5.53. The molecule has 4 N–H and O–H groups in total. The standard InChI is InChI=1S/C13H15ClN4OS/c1-2-10(11-4-3-5-20-11)17-13(19)8-6-9(14)12(18-15)16-7-8/h3-7,10H,2,15H2,1H3,(H,16,18)(H,17,19). The number of nitrogen functional groups attached to an aromatic ring is 1. The summed E-state index contributed by atoms with van der Waals surface area (Å²) in [5.74, 6) is 5.38. The molecule has 0 aliphatic heterocycles. The van der Waals surface area contributed by atoms with E-state index in [9.17, 15) is 4.79 Å². The number of hydrogen-bond donors (Lipinski definition) is 3. The molecule has 0 saturated carbocycles. The number of hydrogen-bond acceptors (Lipinski definition) is 5. The largest absolute Gasteiger partial charge is 0.344 e. The maximum absolute atomic E-state index is 12.2. The van der Waals surface area contributed by atoms with Gasteiger partial charge in [0.05, 0.1) is 16.6 Å². The van der Waals surface area contributed by atoms with Crippen molar-refractivity contribution in [2.45, 2.75) is 19.4 Å². The van der Waals surface area contributed by atoms with Crippen LogP contribution >= 0.6 is 22.9 Å². The Morgan fingerprint density at radius 1 is 1.60 bits per heavy atom. The van der Waals surface area contributed by atoms with Crippen molar-refractivity contribution in [1.29, 1.82) is 0 Å². The Labute approximate surface area is 126 Å². The number of nitrogens with zero attached hydrogens (tertiary/aromatic N) is 1. The van der Waals surface area contributed by atoms with Crippen LogP contribution in [0.2, 0.25) is 5.02 Å². The normalized spacial score (nSPS) is 11.9. The van der Waals surface area contributed by atoms with Crippen molar-refractivity contribution in [2.75, 3.05) is 5.43 Å². The third-order valence-corrected chi connectivity index (χ3v) is 4.11. The van der Waals surface area contributed by atoms with Crippen LogP contribution in [-0.2, 0) is 0 Å². The zero-order chi connectivity index (χ0) is 14.5. The summed E-state index contributed by atoms with van der Waals surface area (Å²) in [4.78, 5) is 17.3. The molecule has 106 valence electrons. The lowest BCUT2D eigenvalue weighted by Gasteiger charge is -2.15. The smallest absolute Gasteiger partial charge is 0.253 e. The van der Waals surface area contributed by atoms with Crippen molar-refractivity contribution in [3.8, 4) is 0 Å². The van der Waals surface area contributed by atoms with Crippen molar-refractivity contribution in [3.63, 3.8) is 0 Å². The van der Waals surface area contributed by atoms with E-state index < -0.39 is 0 Å². The molecule has 1 unspecified atom stereocenters. The third kappa shape index (κ3) is 3.27. The first-order valence-corrected chi connectivity index (χ1v) is 7.38. The van der Waals surface area contributed by atoms with Crippen molar-refractivity contribution < 1.29 is 4.79 Å². The summed E-state index contributed by atoms with van der Waals surface area (Å²) < 4.78 is 0. The van der Waals surface area contributed by atoms with Gasteiger partial charge < -0.3 is 10.7 Å². The van der Waals surface area contributed by atoms with Crippen LogP contribution in [0.15, 0.2) is 29.8 Å². The van der Waals surface area contributed by atoms with Crippen LogP contribution < -0.4 is 16.6 Å². The van der Waals surface area contributed by atoms with E-state index in [2.05, 4.69) is 15.7 Å². The van der Waals surface area contributed by atoms with Gasteiger partial charge in [-0.25, -0.2) is 10.8 Å². The predicted molar refractivity (Wildman–Crippen MR) is 81.9 cm³/mol. The number of halogens is 1. The van der Waals surface area contributed by atoms with Gasteiger partial charge in [-0.1, -0.05) is 24.6 Å². The third-order valence-electron chi connectivity index (χ3n) is 2.84. The molecule has 0 bridgehead atoms. The Kier molecular flexibility index (Phi) is 4.94. The molecule has 0 radical (unpaired) electrons. The van der Waals surface area contributed by atoms with Gasteiger partial charge in [0.25, 0.3) is 5.91 Å². The summed E-state index contributed by atoms with van der Waals surface area (Å²) in [5.41, 5.74) is 2.77. The van der Waals surface area contributed by atoms with E-state index in [1.54, 1.807) is 17.4 Å². The number of carbonyl (C=O) groups excluding carboxylic acids is 1. The second kappa shape index (κ2) is 6.69. The first kappa shape index (κ1) is 14.8. The van der Waals surface area contributed by atoms with E-state index in [-0.39, 0.29) is 11.9 Å². The molecule has 0 fully saturated rings. The van der Waals surface area contributed by atoms with Crippen molar-refractivity contribution in [3.05, 3.63) is 45.2 Å². The van der Waals surface area contributed by atoms with Crippen LogP contribution in [0.3, 0.4) is 0 Å². The number of anilines is 1. The molecule has 0 saturated heterocycles. The summed E-state index contributed by atoms with van der Waals surface area (Å²) in [6, 6.07) is 5.51. The molecular formula is C13H15ClN4OS. The van der Waals surface area contributed by atoms with Gasteiger partial charge in [-0.3, -0.25) is 4.79 Å². The number of carbonyl (C=O) groups is 1. The summed E-state index contributed by atoms with van der Waals surface area (Å²) in [6.07, 6.45) is 2.26. The highest BCUT2D eigenvalue weighted by atomic mass is 35.5. The molecule has 0 aliphatic rings. The van der Waals surface area contributed by atoms with Crippen LogP contribution in [0.4, 0.5) is 5.82 Å². The lowest BCUT2D eigenvalue weighted by atomic mass is 10.1. The zero-order valence-corrected chi connectivity index (χ0v) is 12.5. The number of thiophene rings is 1. The SMILES string of the molecule is CCC(NC(=O)c1cnc(NN)c(Cl)c1)c1cccs1. The second-order valence-electron chi connectivity index (χ2n) is 4.15. The Hall–Kier alpha value is -1.63. The van der Waals surface area contributed by atoms with Gasteiger partial charge in [-0.2, -0.15) is 0 Å². The Morgan fingerprint density at radius 3 is 2.95 bits per heavy atom. The minimum absolute atomic E-state index is 0.00594. The van der Waals surface area contributed by atoms with E-state index >= 15 is 0 Å². The summed E-state index contributed by atoms with van der Waals surface area (Å²) in [7, 11) is 0. The zero-order valence-electron chi connectivity index (χ0n) is 10.9. The molecule has 0 aromatic carbocycles. The molecule has 2 aromatic rings. The highest BCUT2D eigenvalue weighted by molar-refractivity contribution is 7.10. The topological polar surface area (TPSA) is 80.0 Å². The Balaban J connectivity index is 2.13. The van der Waals surface area contributed by atoms with Gasteiger partial charge in [-0.05, 0) is 23.9 Å². The Bertz CT molecular complexity index is 588. The lowest BCUT2D eigenvalue weighted by molar-refractivity contribution is 0.0936. The lowest BCUT2D eigenvalue weighted by Crippen LogP contribution is -2.27. The molecule has 5 nitrogen and oxygen atoms in total. The van der Waals surface area contributed by atoms with Crippen LogP contribution in [0.25, 0.3) is 0 Å². The Morgan fingerprint density at radius 2 is 2.40 bits per heavy atom. The maximum Gasteiger partial charge on any atom is 0.253 e. The molecule has 2 aromatic heterocycles. The molecule has 0 spiro atoms. The molecule has 2 heterocycles. The molecular weight excluding hydrogens is 296 g/mol. The van der Waals surface area contributed by atoms with Crippen LogP contribution in [0.1, 0.15) is 34.6 Å². The number of amides is 1. The number of nitrogens with one attached hydrogen (secondary N) is 2. The van der Waals surface area contributed by atoms with E-state index in [1.807, 2.05) is 24.4 Å². The number of rotatable bonds is 5. The minimum Gasteiger partial charge on any atom is -0.344 e. The van der Waals surface area contributed by atoms with Crippen LogP contribution in [0, 0.1) is 0 Å². The minimum atomic E-state index is -0.205. The van der Waals surface area contributed by atoms with Gasteiger partial charge in [0, 0.05) is 11.1 Å². The monoisotopic (exact) mass is 310 g/mol. The summed E-state index contributed by atoms with van der Waals surface area (Å²) in [5, 5.41) is 5.27. The van der Waals surface area contributed by atoms with Gasteiger partial charge in [0.2, 0.25) is 0 Å². The average molecular weight is 311 g/mol. The van der Waals surface area contributed by atoms with Gasteiger partial charge in [0.1, 0.15) is 0 Å². The summed E-state index contributed by atoms with van der Waals surface area (Å²) >= 11 is 7.58. The number of hydrazine groups is 1.